The molecule has 94 valence electrons. The summed E-state index contributed by atoms with van der Waals surface area (Å²) in [6.45, 7) is 6.31. The predicted molar refractivity (Wildman–Crippen MR) is 73.1 cm³/mol. The van der Waals surface area contributed by atoms with E-state index in [1.807, 2.05) is 39.0 Å². The molecule has 0 amide bonds. The minimum Gasteiger partial charge on any atom is -0.494 e. The van der Waals surface area contributed by atoms with E-state index in [0.29, 0.717) is 23.5 Å². The van der Waals surface area contributed by atoms with Gasteiger partial charge in [0.2, 0.25) is 0 Å². The molecule has 0 spiro atoms. The van der Waals surface area contributed by atoms with Crippen molar-refractivity contribution >= 4 is 17.0 Å². The molecule has 0 unspecified atom stereocenters. The Hall–Kier alpha value is -2.03. The van der Waals surface area contributed by atoms with Gasteiger partial charge in [0.1, 0.15) is 11.3 Å². The van der Waals surface area contributed by atoms with Gasteiger partial charge in [0.15, 0.2) is 0 Å². The van der Waals surface area contributed by atoms with E-state index in [4.69, 9.17) is 9.15 Å². The zero-order valence-corrected chi connectivity index (χ0v) is 10.8. The van der Waals surface area contributed by atoms with Crippen LogP contribution in [0.3, 0.4) is 0 Å². The third kappa shape index (κ3) is 2.16. The molecular formula is C15H16O3. The van der Waals surface area contributed by atoms with Crippen LogP contribution in [-0.4, -0.2) is 6.61 Å². The molecule has 0 atom stereocenters. The van der Waals surface area contributed by atoms with Gasteiger partial charge in [-0.05, 0) is 38.5 Å². The number of hydrogen-bond donors (Lipinski definition) is 0. The standard InChI is InChI=1S/C15H16O3/c1-4-6-13-10(3)12-8-7-11(17-5-2)9-14(12)18-15(13)16/h4,6-9H,5H2,1-3H3/b6-4-. The van der Waals surface area contributed by atoms with Crippen LogP contribution in [0.2, 0.25) is 0 Å². The molecule has 3 nitrogen and oxygen atoms in total. The molecule has 0 N–H and O–H groups in total. The van der Waals surface area contributed by atoms with Gasteiger partial charge in [0.25, 0.3) is 0 Å². The molecule has 0 aliphatic carbocycles. The fourth-order valence-corrected chi connectivity index (χ4v) is 1.97. The van der Waals surface area contributed by atoms with Gasteiger partial charge in [-0.3, -0.25) is 0 Å². The van der Waals surface area contributed by atoms with Gasteiger partial charge in [-0.2, -0.15) is 0 Å². The lowest BCUT2D eigenvalue weighted by molar-refractivity contribution is 0.340. The van der Waals surface area contributed by atoms with Crippen molar-refractivity contribution in [1.29, 1.82) is 0 Å². The molecule has 2 aromatic rings. The van der Waals surface area contributed by atoms with Crippen molar-refractivity contribution in [1.82, 2.24) is 0 Å². The molecule has 18 heavy (non-hydrogen) atoms. The normalized spacial score (nSPS) is 11.3. The average Bonchev–Trinajstić information content (AvgIpc) is 2.34. The molecule has 1 aromatic heterocycles. The number of hydrogen-bond acceptors (Lipinski definition) is 3. The second-order valence-corrected chi connectivity index (χ2v) is 4.02. The minimum atomic E-state index is -0.313. The highest BCUT2D eigenvalue weighted by atomic mass is 16.5. The predicted octanol–water partition coefficient (Wildman–Crippen LogP) is 3.53. The lowest BCUT2D eigenvalue weighted by atomic mass is 10.1. The molecular weight excluding hydrogens is 228 g/mol. The minimum absolute atomic E-state index is 0.313. The summed E-state index contributed by atoms with van der Waals surface area (Å²) < 4.78 is 10.7. The van der Waals surface area contributed by atoms with Crippen LogP contribution >= 0.6 is 0 Å². The van der Waals surface area contributed by atoms with E-state index < -0.39 is 0 Å². The topological polar surface area (TPSA) is 39.4 Å². The first-order chi connectivity index (χ1) is 8.67. The van der Waals surface area contributed by atoms with E-state index in [9.17, 15) is 4.79 Å². The average molecular weight is 244 g/mol. The quantitative estimate of drug-likeness (QED) is 0.775. The highest BCUT2D eigenvalue weighted by molar-refractivity contribution is 5.84. The first-order valence-electron chi connectivity index (χ1n) is 6.00. The van der Waals surface area contributed by atoms with E-state index in [1.54, 1.807) is 12.1 Å². The van der Waals surface area contributed by atoms with Crippen molar-refractivity contribution in [2.45, 2.75) is 20.8 Å². The van der Waals surface area contributed by atoms with Gasteiger partial charge >= 0.3 is 5.63 Å². The summed E-state index contributed by atoms with van der Waals surface area (Å²) in [6, 6.07) is 5.57. The lowest BCUT2D eigenvalue weighted by Gasteiger charge is -2.07. The van der Waals surface area contributed by atoms with Crippen molar-refractivity contribution < 1.29 is 9.15 Å². The summed E-state index contributed by atoms with van der Waals surface area (Å²) in [4.78, 5) is 11.9. The number of rotatable bonds is 3. The molecule has 0 bridgehead atoms. The van der Waals surface area contributed by atoms with Gasteiger partial charge in [-0.15, -0.1) is 0 Å². The maximum Gasteiger partial charge on any atom is 0.343 e. The van der Waals surface area contributed by atoms with Crippen molar-refractivity contribution in [2.75, 3.05) is 6.61 Å². The second-order valence-electron chi connectivity index (χ2n) is 4.02. The van der Waals surface area contributed by atoms with Crippen LogP contribution in [0.4, 0.5) is 0 Å². The summed E-state index contributed by atoms with van der Waals surface area (Å²) >= 11 is 0. The summed E-state index contributed by atoms with van der Waals surface area (Å²) in [5.41, 5.74) is 1.79. The monoisotopic (exact) mass is 244 g/mol. The molecule has 2 rings (SSSR count). The molecule has 0 aliphatic heterocycles. The molecule has 1 heterocycles. The lowest BCUT2D eigenvalue weighted by Crippen LogP contribution is -2.06. The molecule has 3 heteroatoms. The van der Waals surface area contributed by atoms with E-state index in [2.05, 4.69) is 0 Å². The Morgan fingerprint density at radius 1 is 1.39 bits per heavy atom. The van der Waals surface area contributed by atoms with Crippen LogP contribution in [0.1, 0.15) is 25.0 Å². The van der Waals surface area contributed by atoms with E-state index in [-0.39, 0.29) is 5.63 Å². The Bertz CT molecular complexity index is 651. The van der Waals surface area contributed by atoms with Crippen LogP contribution in [0.25, 0.3) is 17.0 Å². The van der Waals surface area contributed by atoms with E-state index >= 15 is 0 Å². The van der Waals surface area contributed by atoms with Gasteiger partial charge in [0.05, 0.1) is 12.2 Å². The third-order valence-electron chi connectivity index (χ3n) is 2.83. The summed E-state index contributed by atoms with van der Waals surface area (Å²) in [5, 5.41) is 0.936. The molecule has 1 aromatic carbocycles. The highest BCUT2D eigenvalue weighted by Crippen LogP contribution is 2.24. The fourth-order valence-electron chi connectivity index (χ4n) is 1.97. The smallest absolute Gasteiger partial charge is 0.343 e. The first kappa shape index (κ1) is 12.4. The second kappa shape index (κ2) is 5.08. The number of fused-ring (bicyclic) bond motifs is 1. The van der Waals surface area contributed by atoms with E-state index in [1.165, 1.54) is 0 Å². The zero-order chi connectivity index (χ0) is 13.1. The Labute approximate surface area is 106 Å². The van der Waals surface area contributed by atoms with Gasteiger partial charge < -0.3 is 9.15 Å². The van der Waals surface area contributed by atoms with Gasteiger partial charge in [-0.1, -0.05) is 12.2 Å². The molecule has 0 radical (unpaired) electrons. The van der Waals surface area contributed by atoms with Gasteiger partial charge in [-0.25, -0.2) is 4.79 Å². The fraction of sp³-hybridized carbons (Fsp3) is 0.267. The van der Waals surface area contributed by atoms with Crippen LogP contribution < -0.4 is 10.4 Å². The van der Waals surface area contributed by atoms with Crippen LogP contribution in [-0.2, 0) is 0 Å². The zero-order valence-electron chi connectivity index (χ0n) is 10.8. The first-order valence-corrected chi connectivity index (χ1v) is 6.00. The Morgan fingerprint density at radius 2 is 2.17 bits per heavy atom. The van der Waals surface area contributed by atoms with Crippen LogP contribution in [0, 0.1) is 6.92 Å². The highest BCUT2D eigenvalue weighted by Gasteiger charge is 2.09. The molecule has 0 saturated carbocycles. The third-order valence-corrected chi connectivity index (χ3v) is 2.83. The SMILES string of the molecule is C/C=C\c1c(C)c2ccc(OCC)cc2oc1=O. The van der Waals surface area contributed by atoms with Crippen LogP contribution in [0.15, 0.2) is 33.5 Å². The molecule has 0 aliphatic rings. The Kier molecular flexibility index (Phi) is 3.51. The van der Waals surface area contributed by atoms with E-state index in [0.717, 1.165) is 10.9 Å². The van der Waals surface area contributed by atoms with Crippen molar-refractivity contribution in [2.24, 2.45) is 0 Å². The van der Waals surface area contributed by atoms with Crippen molar-refractivity contribution in [3.63, 3.8) is 0 Å². The Balaban J connectivity index is 2.69. The molecule has 0 saturated heterocycles. The summed E-state index contributed by atoms with van der Waals surface area (Å²) in [7, 11) is 0. The van der Waals surface area contributed by atoms with Crippen molar-refractivity contribution in [3.05, 3.63) is 45.8 Å². The summed E-state index contributed by atoms with van der Waals surface area (Å²) in [6.07, 6.45) is 3.61. The summed E-state index contributed by atoms with van der Waals surface area (Å²) in [5.74, 6) is 0.714. The number of allylic oxidation sites excluding steroid dienone is 1. The van der Waals surface area contributed by atoms with Crippen LogP contribution in [0.5, 0.6) is 5.75 Å². The number of aryl methyl sites for hydroxylation is 1. The Morgan fingerprint density at radius 3 is 2.83 bits per heavy atom. The van der Waals surface area contributed by atoms with Crippen molar-refractivity contribution in [3.8, 4) is 5.75 Å². The van der Waals surface area contributed by atoms with Gasteiger partial charge in [0, 0.05) is 11.5 Å². The molecule has 0 fully saturated rings. The number of benzene rings is 1. The maximum absolute atomic E-state index is 11.9. The largest absolute Gasteiger partial charge is 0.494 e. The maximum atomic E-state index is 11.9. The number of ether oxygens (including phenoxy) is 1.